The minimum atomic E-state index is -4.11. The van der Waals surface area contributed by atoms with Crippen molar-refractivity contribution >= 4 is 54.9 Å². The highest BCUT2D eigenvalue weighted by atomic mass is 35.5. The summed E-state index contributed by atoms with van der Waals surface area (Å²) in [7, 11) is -8.10. The molecule has 1 amide bonds. The predicted molar refractivity (Wildman–Crippen MR) is 155 cm³/mol. The predicted octanol–water partition coefficient (Wildman–Crippen LogP) is 4.69. The van der Waals surface area contributed by atoms with Crippen LogP contribution in [0.1, 0.15) is 17.0 Å². The van der Waals surface area contributed by atoms with Crippen molar-refractivity contribution in [2.24, 2.45) is 0 Å². The van der Waals surface area contributed by atoms with Gasteiger partial charge in [0.2, 0.25) is 11.9 Å². The topological polar surface area (TPSA) is 138 Å². The molecule has 4 rings (SSSR count). The Morgan fingerprint density at radius 2 is 1.45 bits per heavy atom. The fourth-order valence-corrected chi connectivity index (χ4v) is 6.59. The molecule has 0 bridgehead atoms. The number of anilines is 3. The molecule has 1 aromatic heterocycles. The molecular weight excluding hydrogens is 574 g/mol. The zero-order valence-electron chi connectivity index (χ0n) is 21.8. The normalized spacial score (nSPS) is 11.6. The number of carbonyl (C=O) groups excluding carboxylic acids is 1. The van der Waals surface area contributed by atoms with Crippen LogP contribution in [0.2, 0.25) is 5.02 Å². The van der Waals surface area contributed by atoms with E-state index in [0.717, 1.165) is 4.31 Å². The average molecular weight is 600 g/mol. The van der Waals surface area contributed by atoms with Crippen LogP contribution in [0, 0.1) is 20.8 Å². The monoisotopic (exact) mass is 599 g/mol. The molecule has 1 heterocycles. The van der Waals surface area contributed by atoms with Gasteiger partial charge in [0.1, 0.15) is 6.54 Å². The number of nitrogens with zero attached hydrogens (tertiary/aromatic N) is 3. The molecule has 0 aliphatic heterocycles. The van der Waals surface area contributed by atoms with E-state index in [9.17, 15) is 21.6 Å². The molecule has 0 unspecified atom stereocenters. The highest BCUT2D eigenvalue weighted by Crippen LogP contribution is 2.29. The van der Waals surface area contributed by atoms with Crippen LogP contribution in [0.4, 0.5) is 17.3 Å². The lowest BCUT2D eigenvalue weighted by Crippen LogP contribution is -2.38. The van der Waals surface area contributed by atoms with E-state index in [4.69, 9.17) is 11.6 Å². The van der Waals surface area contributed by atoms with Crippen molar-refractivity contribution in [2.75, 3.05) is 20.9 Å². The molecule has 4 aromatic rings. The van der Waals surface area contributed by atoms with E-state index in [1.165, 1.54) is 42.5 Å². The number of rotatable bonds is 9. The van der Waals surface area contributed by atoms with E-state index in [2.05, 4.69) is 20.0 Å². The Hall–Kier alpha value is -4.00. The number of hydrogen-bond acceptors (Lipinski definition) is 7. The maximum atomic E-state index is 13.5. The summed E-state index contributed by atoms with van der Waals surface area (Å²) in [6.45, 7) is 4.61. The molecule has 10 nitrogen and oxygen atoms in total. The maximum Gasteiger partial charge on any atom is 0.264 e. The summed E-state index contributed by atoms with van der Waals surface area (Å²) < 4.78 is 56.0. The Morgan fingerprint density at radius 3 is 2.05 bits per heavy atom. The van der Waals surface area contributed by atoms with Crippen LogP contribution in [-0.4, -0.2) is 39.3 Å². The third kappa shape index (κ3) is 6.76. The van der Waals surface area contributed by atoms with E-state index >= 15 is 0 Å². The zero-order chi connectivity index (χ0) is 29.1. The summed E-state index contributed by atoms with van der Waals surface area (Å²) >= 11 is 6.07. The van der Waals surface area contributed by atoms with Crippen LogP contribution in [0.5, 0.6) is 0 Å². The first kappa shape index (κ1) is 29.0. The highest BCUT2D eigenvalue weighted by Gasteiger charge is 2.28. The zero-order valence-corrected chi connectivity index (χ0v) is 24.2. The summed E-state index contributed by atoms with van der Waals surface area (Å²) in [4.78, 5) is 21.2. The van der Waals surface area contributed by atoms with Crippen LogP contribution in [-0.2, 0) is 24.8 Å². The highest BCUT2D eigenvalue weighted by molar-refractivity contribution is 7.93. The Balaban J connectivity index is 1.54. The van der Waals surface area contributed by atoms with Gasteiger partial charge in [0.15, 0.2) is 0 Å². The molecule has 0 saturated heterocycles. The second-order valence-corrected chi connectivity index (χ2v) is 12.9. The van der Waals surface area contributed by atoms with Gasteiger partial charge in [-0.3, -0.25) is 9.10 Å². The number of halogens is 1. The fourth-order valence-electron chi connectivity index (χ4n) is 3.92. The lowest BCUT2D eigenvalue weighted by Gasteiger charge is -2.25. The van der Waals surface area contributed by atoms with Gasteiger partial charge in [-0.15, -0.1) is 0 Å². The minimum absolute atomic E-state index is 0.0204. The van der Waals surface area contributed by atoms with Crippen molar-refractivity contribution in [1.82, 2.24) is 9.97 Å². The molecule has 3 aromatic carbocycles. The largest absolute Gasteiger partial charge is 0.325 e. The second kappa shape index (κ2) is 11.6. The lowest BCUT2D eigenvalue weighted by atomic mass is 10.2. The van der Waals surface area contributed by atoms with Gasteiger partial charge in [-0.1, -0.05) is 29.8 Å². The molecule has 0 fully saturated rings. The maximum absolute atomic E-state index is 13.5. The van der Waals surface area contributed by atoms with E-state index in [-0.39, 0.29) is 21.4 Å². The summed E-state index contributed by atoms with van der Waals surface area (Å²) in [6, 6.07) is 19.6. The molecule has 2 N–H and O–H groups in total. The van der Waals surface area contributed by atoms with E-state index in [1.807, 2.05) is 0 Å². The molecule has 0 aliphatic carbocycles. The number of aryl methyl sites for hydroxylation is 3. The van der Waals surface area contributed by atoms with E-state index in [1.54, 1.807) is 57.2 Å². The number of hydrogen-bond donors (Lipinski definition) is 2. The molecule has 0 atom stereocenters. The first-order chi connectivity index (χ1) is 18.8. The van der Waals surface area contributed by atoms with Crippen molar-refractivity contribution in [3.63, 3.8) is 0 Å². The van der Waals surface area contributed by atoms with Crippen LogP contribution in [0.15, 0.2) is 88.7 Å². The summed E-state index contributed by atoms with van der Waals surface area (Å²) in [5.41, 5.74) is 2.36. The van der Waals surface area contributed by atoms with Crippen molar-refractivity contribution < 1.29 is 21.6 Å². The first-order valence-electron chi connectivity index (χ1n) is 11.9. The Bertz CT molecular complexity index is 1750. The van der Waals surface area contributed by atoms with Gasteiger partial charge in [-0.05, 0) is 87.0 Å². The number of sulfonamides is 2. The van der Waals surface area contributed by atoms with Crippen molar-refractivity contribution in [1.29, 1.82) is 0 Å². The molecule has 0 aliphatic rings. The molecule has 40 heavy (non-hydrogen) atoms. The fraction of sp³-hybridized carbons (Fsp3) is 0.148. The summed E-state index contributed by atoms with van der Waals surface area (Å²) in [6.07, 6.45) is 0. The molecular formula is C27H26ClN5O5S2. The van der Waals surface area contributed by atoms with Gasteiger partial charge in [0.25, 0.3) is 20.0 Å². The summed E-state index contributed by atoms with van der Waals surface area (Å²) in [5.74, 6) is -0.682. The van der Waals surface area contributed by atoms with Gasteiger partial charge >= 0.3 is 0 Å². The summed E-state index contributed by atoms with van der Waals surface area (Å²) in [5, 5.41) is 3.06. The van der Waals surface area contributed by atoms with Crippen molar-refractivity contribution in [2.45, 2.75) is 30.6 Å². The Kier molecular flexibility index (Phi) is 8.43. The van der Waals surface area contributed by atoms with Crippen LogP contribution in [0.25, 0.3) is 0 Å². The van der Waals surface area contributed by atoms with Crippen LogP contribution in [0.3, 0.4) is 0 Å². The van der Waals surface area contributed by atoms with Gasteiger partial charge in [0.05, 0.1) is 15.5 Å². The smallest absolute Gasteiger partial charge is 0.264 e. The third-order valence-corrected chi connectivity index (χ3v) is 9.06. The quantitative estimate of drug-likeness (QED) is 0.284. The first-order valence-corrected chi connectivity index (χ1v) is 15.2. The second-order valence-electron chi connectivity index (χ2n) is 8.91. The van der Waals surface area contributed by atoms with Gasteiger partial charge < -0.3 is 5.32 Å². The number of amides is 1. The molecule has 0 spiro atoms. The van der Waals surface area contributed by atoms with Gasteiger partial charge in [-0.2, -0.15) is 0 Å². The molecule has 0 radical (unpaired) electrons. The number of aromatic nitrogens is 2. The van der Waals surface area contributed by atoms with Crippen molar-refractivity contribution in [3.8, 4) is 0 Å². The van der Waals surface area contributed by atoms with E-state index in [0.29, 0.717) is 27.7 Å². The molecule has 0 saturated carbocycles. The van der Waals surface area contributed by atoms with Gasteiger partial charge in [-0.25, -0.2) is 31.5 Å². The Labute approximate surface area is 238 Å². The number of benzene rings is 3. The van der Waals surface area contributed by atoms with Crippen LogP contribution >= 0.6 is 11.6 Å². The Morgan fingerprint density at radius 1 is 0.825 bits per heavy atom. The van der Waals surface area contributed by atoms with Crippen molar-refractivity contribution in [3.05, 3.63) is 101 Å². The SMILES string of the molecule is Cc1cc(C)nc(NS(=O)(=O)c2ccc(NC(=O)CN(c3ccc(Cl)cc3C)S(=O)(=O)c3ccccc3)cc2)n1. The molecule has 13 heteroatoms. The minimum Gasteiger partial charge on any atom is -0.325 e. The van der Waals surface area contributed by atoms with Crippen LogP contribution < -0.4 is 14.3 Å². The van der Waals surface area contributed by atoms with Gasteiger partial charge in [0, 0.05) is 22.1 Å². The molecule has 208 valence electrons. The number of carbonyl (C=O) groups is 1. The number of nitrogens with one attached hydrogen (secondary N) is 2. The lowest BCUT2D eigenvalue weighted by molar-refractivity contribution is -0.114. The average Bonchev–Trinajstić information content (AvgIpc) is 2.87. The standard InChI is InChI=1S/C27H26ClN5O5S2/c1-18-15-21(28)9-14-25(18)33(40(37,38)24-7-5-4-6-8-24)17-26(34)31-22-10-12-23(13-11-22)39(35,36)32-27-29-19(2)16-20(3)30-27/h4-16H,17H2,1-3H3,(H,31,34)(H,29,30,32). The van der Waals surface area contributed by atoms with E-state index < -0.39 is 32.5 Å². The third-order valence-electron chi connectivity index (χ3n) is 5.70.